The molecule has 2 rings (SSSR count). The van der Waals surface area contributed by atoms with Gasteiger partial charge in [0.05, 0.1) is 25.3 Å². The van der Waals surface area contributed by atoms with Crippen molar-refractivity contribution in [3.05, 3.63) is 52.5 Å². The van der Waals surface area contributed by atoms with E-state index in [2.05, 4.69) is 4.72 Å². The average Bonchev–Trinajstić information content (AvgIpc) is 2.61. The van der Waals surface area contributed by atoms with E-state index in [-0.39, 0.29) is 11.4 Å². The molecule has 0 fully saturated rings. The van der Waals surface area contributed by atoms with Crippen molar-refractivity contribution in [2.75, 3.05) is 7.11 Å². The number of ether oxygens (including phenoxy) is 1. The number of hydrogen-bond acceptors (Lipinski definition) is 5. The molecule has 4 nitrogen and oxygen atoms in total. The van der Waals surface area contributed by atoms with Gasteiger partial charge in [0.1, 0.15) is 10.5 Å². The van der Waals surface area contributed by atoms with E-state index in [1.54, 1.807) is 13.2 Å². The van der Waals surface area contributed by atoms with Gasteiger partial charge in [-0.3, -0.25) is 0 Å². The number of rotatable bonds is 7. The summed E-state index contributed by atoms with van der Waals surface area (Å²) in [4.78, 5) is 1.78. The number of halogens is 1. The summed E-state index contributed by atoms with van der Waals surface area (Å²) in [6.45, 7) is 6.11. The third-order valence-corrected chi connectivity index (χ3v) is 6.87. The lowest BCUT2D eigenvalue weighted by atomic mass is 10.2. The first kappa shape index (κ1) is 21.4. The van der Waals surface area contributed by atoms with Crippen molar-refractivity contribution in [1.29, 1.82) is 0 Å². The molecule has 0 aliphatic carbocycles. The summed E-state index contributed by atoms with van der Waals surface area (Å²) in [5.74, 6) is 0.646. The van der Waals surface area contributed by atoms with Crippen LogP contribution in [0.15, 0.2) is 46.2 Å². The van der Waals surface area contributed by atoms with Gasteiger partial charge in [-0.2, -0.15) is 0 Å². The van der Waals surface area contributed by atoms with E-state index >= 15 is 0 Å². The Hall–Kier alpha value is -0.890. The van der Waals surface area contributed by atoms with Gasteiger partial charge >= 0.3 is 0 Å². The van der Waals surface area contributed by atoms with Crippen molar-refractivity contribution >= 4 is 34.7 Å². The SMILES string of the molecule is COc1cc(Cl)c(Sc2ccccc2CO)c(CN[S+]([O-])C(C)(C)C)c1. The molecule has 142 valence electrons. The highest BCUT2D eigenvalue weighted by Gasteiger charge is 2.26. The van der Waals surface area contributed by atoms with Crippen LogP contribution in [0.2, 0.25) is 5.02 Å². The first-order chi connectivity index (χ1) is 12.3. The second kappa shape index (κ2) is 9.35. The van der Waals surface area contributed by atoms with Gasteiger partial charge in [0.25, 0.3) is 0 Å². The predicted molar refractivity (Wildman–Crippen MR) is 109 cm³/mol. The Morgan fingerprint density at radius 1 is 1.23 bits per heavy atom. The van der Waals surface area contributed by atoms with E-state index in [4.69, 9.17) is 16.3 Å². The molecule has 2 aromatic rings. The molecule has 0 heterocycles. The van der Waals surface area contributed by atoms with Crippen LogP contribution in [0.1, 0.15) is 31.9 Å². The van der Waals surface area contributed by atoms with Crippen LogP contribution >= 0.6 is 23.4 Å². The fourth-order valence-corrected chi connectivity index (χ4v) is 4.30. The number of hydrogen-bond donors (Lipinski definition) is 2. The Morgan fingerprint density at radius 2 is 1.92 bits per heavy atom. The summed E-state index contributed by atoms with van der Waals surface area (Å²) in [6, 6.07) is 11.3. The van der Waals surface area contributed by atoms with E-state index in [1.807, 2.05) is 51.1 Å². The quantitative estimate of drug-likeness (QED) is 0.652. The lowest BCUT2D eigenvalue weighted by Crippen LogP contribution is -2.39. The van der Waals surface area contributed by atoms with Crippen molar-refractivity contribution in [2.24, 2.45) is 0 Å². The third kappa shape index (κ3) is 5.55. The summed E-state index contributed by atoms with van der Waals surface area (Å²) in [5, 5.41) is 10.1. The highest BCUT2D eigenvalue weighted by atomic mass is 35.5. The summed E-state index contributed by atoms with van der Waals surface area (Å²) in [5.41, 5.74) is 1.73. The molecule has 7 heteroatoms. The fourth-order valence-electron chi connectivity index (χ4n) is 2.19. The lowest BCUT2D eigenvalue weighted by Gasteiger charge is -2.24. The molecule has 2 N–H and O–H groups in total. The molecular weight excluding hydrogens is 390 g/mol. The van der Waals surface area contributed by atoms with Crippen molar-refractivity contribution in [3.8, 4) is 5.75 Å². The van der Waals surface area contributed by atoms with Crippen molar-refractivity contribution in [3.63, 3.8) is 0 Å². The summed E-state index contributed by atoms with van der Waals surface area (Å²) in [6.07, 6.45) is 0. The van der Waals surface area contributed by atoms with Crippen LogP contribution in [-0.2, 0) is 24.5 Å². The van der Waals surface area contributed by atoms with Crippen LogP contribution < -0.4 is 9.46 Å². The van der Waals surface area contributed by atoms with Gasteiger partial charge in [0.2, 0.25) is 0 Å². The Balaban J connectivity index is 2.35. The molecule has 0 saturated carbocycles. The number of benzene rings is 2. The summed E-state index contributed by atoms with van der Waals surface area (Å²) in [7, 11) is 1.59. The summed E-state index contributed by atoms with van der Waals surface area (Å²) < 4.78 is 20.4. The van der Waals surface area contributed by atoms with Crippen LogP contribution in [-0.4, -0.2) is 21.5 Å². The zero-order valence-electron chi connectivity index (χ0n) is 15.3. The Bertz CT molecular complexity index is 750. The lowest BCUT2D eigenvalue weighted by molar-refractivity contribution is 0.279. The largest absolute Gasteiger partial charge is 0.598 e. The van der Waals surface area contributed by atoms with E-state index < -0.39 is 11.4 Å². The molecular formula is C19H24ClNO3S2. The second-order valence-electron chi connectivity index (χ2n) is 6.67. The molecule has 1 unspecified atom stereocenters. The van der Waals surface area contributed by atoms with Crippen molar-refractivity contribution < 1.29 is 14.4 Å². The smallest absolute Gasteiger partial charge is 0.136 e. The van der Waals surface area contributed by atoms with E-state index in [1.165, 1.54) is 11.8 Å². The van der Waals surface area contributed by atoms with Gasteiger partial charge in [-0.25, -0.2) is 0 Å². The topological polar surface area (TPSA) is 64.5 Å². The minimum Gasteiger partial charge on any atom is -0.598 e. The molecule has 0 aliphatic heterocycles. The van der Waals surface area contributed by atoms with Crippen molar-refractivity contribution in [2.45, 2.75) is 48.5 Å². The predicted octanol–water partition coefficient (Wildman–Crippen LogP) is 4.54. The van der Waals surface area contributed by atoms with Gasteiger partial charge in [-0.05, 0) is 50.1 Å². The Morgan fingerprint density at radius 3 is 2.54 bits per heavy atom. The monoisotopic (exact) mass is 413 g/mol. The molecule has 0 aliphatic rings. The third-order valence-electron chi connectivity index (χ3n) is 3.63. The normalized spacial score (nSPS) is 12.9. The maximum absolute atomic E-state index is 12.3. The van der Waals surface area contributed by atoms with Crippen LogP contribution in [0.4, 0.5) is 0 Å². The molecule has 0 saturated heterocycles. The van der Waals surface area contributed by atoms with Crippen LogP contribution in [0.3, 0.4) is 0 Å². The molecule has 2 aromatic carbocycles. The van der Waals surface area contributed by atoms with Gasteiger partial charge in [0, 0.05) is 21.2 Å². The Kier molecular flexibility index (Phi) is 7.70. The molecule has 0 amide bonds. The van der Waals surface area contributed by atoms with Gasteiger partial charge in [-0.15, -0.1) is 4.72 Å². The van der Waals surface area contributed by atoms with E-state index in [0.717, 1.165) is 20.9 Å². The van der Waals surface area contributed by atoms with Crippen LogP contribution in [0.5, 0.6) is 5.75 Å². The number of nitrogens with one attached hydrogen (secondary N) is 1. The molecule has 0 spiro atoms. The standard InChI is InChI=1S/C19H24ClNO3S2/c1-19(2,3)26(23)21-11-14-9-15(24-4)10-16(20)18(14)25-17-8-6-5-7-13(17)12-22/h5-10,21-22H,11-12H2,1-4H3. The average molecular weight is 414 g/mol. The molecule has 0 aromatic heterocycles. The highest BCUT2D eigenvalue weighted by molar-refractivity contribution is 7.99. The molecule has 1 atom stereocenters. The first-order valence-corrected chi connectivity index (χ1v) is 10.5. The first-order valence-electron chi connectivity index (χ1n) is 8.14. The zero-order chi connectivity index (χ0) is 19.3. The molecule has 26 heavy (non-hydrogen) atoms. The second-order valence-corrected chi connectivity index (χ2v) is 10.2. The number of aliphatic hydroxyl groups excluding tert-OH is 1. The van der Waals surface area contributed by atoms with E-state index in [0.29, 0.717) is 17.3 Å². The highest BCUT2D eigenvalue weighted by Crippen LogP contribution is 2.40. The summed E-state index contributed by atoms with van der Waals surface area (Å²) >= 11 is 6.78. The van der Waals surface area contributed by atoms with Gasteiger partial charge < -0.3 is 14.4 Å². The van der Waals surface area contributed by atoms with Gasteiger partial charge in [0.15, 0.2) is 0 Å². The van der Waals surface area contributed by atoms with Gasteiger partial charge in [-0.1, -0.05) is 41.6 Å². The fraction of sp³-hybridized carbons (Fsp3) is 0.368. The van der Waals surface area contributed by atoms with Crippen LogP contribution in [0, 0.1) is 0 Å². The minimum atomic E-state index is -1.20. The maximum atomic E-state index is 12.3. The minimum absolute atomic E-state index is 0.0431. The number of methoxy groups -OCH3 is 1. The maximum Gasteiger partial charge on any atom is 0.136 e. The number of aliphatic hydroxyl groups is 1. The Labute approximate surface area is 167 Å². The van der Waals surface area contributed by atoms with Crippen molar-refractivity contribution in [1.82, 2.24) is 4.72 Å². The van der Waals surface area contributed by atoms with Crippen LogP contribution in [0.25, 0.3) is 0 Å². The molecule has 0 radical (unpaired) electrons. The van der Waals surface area contributed by atoms with E-state index in [9.17, 15) is 9.66 Å². The molecule has 0 bridgehead atoms. The zero-order valence-corrected chi connectivity index (χ0v) is 17.7.